The van der Waals surface area contributed by atoms with Crippen molar-refractivity contribution in [3.63, 3.8) is 0 Å². The summed E-state index contributed by atoms with van der Waals surface area (Å²) < 4.78 is 4.29. The number of halogens is 1. The maximum atomic E-state index is 6.65. The van der Waals surface area contributed by atoms with Crippen LogP contribution in [0.2, 0.25) is 5.02 Å². The fraction of sp³-hybridized carbons (Fsp3) is 0.450. The average molecular weight is 432 g/mol. The molecule has 0 unspecified atom stereocenters. The third-order valence-electron chi connectivity index (χ3n) is 5.67. The highest BCUT2D eigenvalue weighted by Crippen LogP contribution is 2.37. The molecule has 0 spiro atoms. The SMILES string of the molecule is Cc1cc(Nc2ncc3cc(Cl)c(C4CCN(C5CSC5)CC4)cc3n2)sn1. The van der Waals surface area contributed by atoms with Gasteiger partial charge >= 0.3 is 0 Å². The molecule has 2 aliphatic heterocycles. The van der Waals surface area contributed by atoms with Crippen LogP contribution in [-0.2, 0) is 0 Å². The zero-order chi connectivity index (χ0) is 19.1. The normalized spacial score (nSPS) is 19.1. The number of piperidine rings is 1. The Hall–Kier alpha value is -1.41. The number of hydrogen-bond acceptors (Lipinski definition) is 7. The molecule has 4 heterocycles. The Morgan fingerprint density at radius 3 is 2.68 bits per heavy atom. The van der Waals surface area contributed by atoms with Gasteiger partial charge in [0.25, 0.3) is 0 Å². The number of nitrogens with zero attached hydrogens (tertiary/aromatic N) is 4. The molecular weight excluding hydrogens is 410 g/mol. The summed E-state index contributed by atoms with van der Waals surface area (Å²) in [6.45, 7) is 4.32. The smallest absolute Gasteiger partial charge is 0.228 e. The van der Waals surface area contributed by atoms with Gasteiger partial charge < -0.3 is 5.32 Å². The Morgan fingerprint density at radius 1 is 1.18 bits per heavy atom. The van der Waals surface area contributed by atoms with Gasteiger partial charge in [0.2, 0.25) is 5.95 Å². The maximum Gasteiger partial charge on any atom is 0.228 e. The topological polar surface area (TPSA) is 53.9 Å². The lowest BCUT2D eigenvalue weighted by atomic mass is 9.88. The molecule has 28 heavy (non-hydrogen) atoms. The van der Waals surface area contributed by atoms with Crippen LogP contribution in [0, 0.1) is 6.92 Å². The summed E-state index contributed by atoms with van der Waals surface area (Å²) in [6, 6.07) is 6.98. The Morgan fingerprint density at radius 2 is 2.00 bits per heavy atom. The fourth-order valence-electron chi connectivity index (χ4n) is 3.98. The first-order valence-corrected chi connectivity index (χ1v) is 11.9. The van der Waals surface area contributed by atoms with E-state index in [9.17, 15) is 0 Å². The van der Waals surface area contributed by atoms with Gasteiger partial charge in [0.05, 0.1) is 11.2 Å². The van der Waals surface area contributed by atoms with Crippen LogP contribution in [0.5, 0.6) is 0 Å². The third-order valence-corrected chi connectivity index (χ3v) is 8.03. The lowest BCUT2D eigenvalue weighted by Gasteiger charge is -2.41. The number of likely N-dealkylation sites (tertiary alicyclic amines) is 1. The van der Waals surface area contributed by atoms with Crippen LogP contribution < -0.4 is 5.32 Å². The van der Waals surface area contributed by atoms with Gasteiger partial charge in [-0.25, -0.2) is 9.97 Å². The molecule has 2 fully saturated rings. The van der Waals surface area contributed by atoms with Crippen molar-refractivity contribution in [1.29, 1.82) is 0 Å². The highest BCUT2D eigenvalue weighted by molar-refractivity contribution is 8.00. The van der Waals surface area contributed by atoms with E-state index in [2.05, 4.69) is 37.4 Å². The zero-order valence-corrected chi connectivity index (χ0v) is 18.1. The number of aryl methyl sites for hydroxylation is 1. The van der Waals surface area contributed by atoms with Crippen molar-refractivity contribution in [2.24, 2.45) is 0 Å². The van der Waals surface area contributed by atoms with Crippen LogP contribution >= 0.6 is 34.9 Å². The van der Waals surface area contributed by atoms with Crippen molar-refractivity contribution in [3.8, 4) is 0 Å². The third kappa shape index (κ3) is 3.73. The Bertz CT molecular complexity index is 995. The summed E-state index contributed by atoms with van der Waals surface area (Å²) in [5.74, 6) is 3.71. The summed E-state index contributed by atoms with van der Waals surface area (Å²) in [7, 11) is 0. The molecule has 3 aromatic rings. The summed E-state index contributed by atoms with van der Waals surface area (Å²) in [6.07, 6.45) is 4.18. The second-order valence-corrected chi connectivity index (χ2v) is 9.87. The highest BCUT2D eigenvalue weighted by Gasteiger charge is 2.30. The number of aromatic nitrogens is 3. The number of anilines is 2. The van der Waals surface area contributed by atoms with Crippen LogP contribution in [0.1, 0.15) is 30.0 Å². The molecule has 0 saturated carbocycles. The summed E-state index contributed by atoms with van der Waals surface area (Å²) in [5.41, 5.74) is 3.17. The summed E-state index contributed by atoms with van der Waals surface area (Å²) in [5, 5.41) is 6.02. The van der Waals surface area contributed by atoms with Crippen molar-refractivity contribution in [2.75, 3.05) is 29.9 Å². The van der Waals surface area contributed by atoms with Crippen molar-refractivity contribution in [1.82, 2.24) is 19.2 Å². The first-order valence-electron chi connectivity index (χ1n) is 9.64. The van der Waals surface area contributed by atoms with E-state index >= 15 is 0 Å². The number of rotatable bonds is 4. The molecule has 5 nitrogen and oxygen atoms in total. The van der Waals surface area contributed by atoms with E-state index in [0.717, 1.165) is 32.7 Å². The molecule has 2 aliphatic rings. The maximum absolute atomic E-state index is 6.65. The predicted octanol–water partition coefficient (Wildman–Crippen LogP) is 5.09. The van der Waals surface area contributed by atoms with Crippen molar-refractivity contribution >= 4 is 56.7 Å². The number of fused-ring (bicyclic) bond motifs is 1. The van der Waals surface area contributed by atoms with E-state index in [1.165, 1.54) is 54.5 Å². The van der Waals surface area contributed by atoms with Gasteiger partial charge in [-0.3, -0.25) is 4.90 Å². The van der Waals surface area contributed by atoms with Crippen LogP contribution in [0.15, 0.2) is 24.4 Å². The van der Waals surface area contributed by atoms with Gasteiger partial charge in [0.1, 0.15) is 5.00 Å². The zero-order valence-electron chi connectivity index (χ0n) is 15.7. The molecule has 0 atom stereocenters. The number of thioether (sulfide) groups is 1. The van der Waals surface area contributed by atoms with Gasteiger partial charge in [0.15, 0.2) is 0 Å². The highest BCUT2D eigenvalue weighted by atomic mass is 35.5. The monoisotopic (exact) mass is 431 g/mol. The van der Waals surface area contributed by atoms with Crippen LogP contribution in [0.4, 0.5) is 10.9 Å². The van der Waals surface area contributed by atoms with E-state index in [0.29, 0.717) is 11.9 Å². The predicted molar refractivity (Wildman–Crippen MR) is 119 cm³/mol. The van der Waals surface area contributed by atoms with E-state index < -0.39 is 0 Å². The molecule has 5 rings (SSSR count). The summed E-state index contributed by atoms with van der Waals surface area (Å²) >= 11 is 10.1. The second-order valence-electron chi connectivity index (χ2n) is 7.59. The van der Waals surface area contributed by atoms with Crippen molar-refractivity contribution in [3.05, 3.63) is 40.7 Å². The molecular formula is C20H22ClN5S2. The molecule has 8 heteroatoms. The minimum Gasteiger partial charge on any atom is -0.314 e. The van der Waals surface area contributed by atoms with Crippen LogP contribution in [0.25, 0.3) is 10.9 Å². The Kier molecular flexibility index (Phi) is 5.17. The molecule has 0 aliphatic carbocycles. The lowest BCUT2D eigenvalue weighted by molar-refractivity contribution is 0.171. The number of nitrogens with one attached hydrogen (secondary N) is 1. The number of hydrogen-bond donors (Lipinski definition) is 1. The minimum absolute atomic E-state index is 0.511. The molecule has 0 radical (unpaired) electrons. The van der Waals surface area contributed by atoms with Gasteiger partial charge in [-0.15, -0.1) is 0 Å². The van der Waals surface area contributed by atoms with Crippen LogP contribution in [0.3, 0.4) is 0 Å². The molecule has 146 valence electrons. The molecule has 0 amide bonds. The van der Waals surface area contributed by atoms with Gasteiger partial charge in [-0.1, -0.05) is 11.6 Å². The number of benzene rings is 1. The molecule has 1 N–H and O–H groups in total. The Balaban J connectivity index is 1.37. The van der Waals surface area contributed by atoms with Crippen LogP contribution in [-0.4, -0.2) is 49.9 Å². The molecule has 2 aromatic heterocycles. The molecule has 0 bridgehead atoms. The van der Waals surface area contributed by atoms with E-state index in [-0.39, 0.29) is 0 Å². The Labute approximate surface area is 178 Å². The lowest BCUT2D eigenvalue weighted by Crippen LogP contribution is -2.47. The standard InChI is InChI=1S/C20H22ClN5S2/c1-12-6-19(28-25-12)24-20-22-9-14-7-17(21)16(8-18(14)23-20)13-2-4-26(5-3-13)15-10-27-11-15/h6-9,13,15H,2-5,10-11H2,1H3,(H,22,23,24). The second kappa shape index (κ2) is 7.78. The van der Waals surface area contributed by atoms with Gasteiger partial charge in [-0.05, 0) is 74.1 Å². The first-order chi connectivity index (χ1) is 13.7. The fourth-order valence-corrected chi connectivity index (χ4v) is 5.83. The van der Waals surface area contributed by atoms with Crippen molar-refractivity contribution in [2.45, 2.75) is 31.7 Å². The van der Waals surface area contributed by atoms with Crippen molar-refractivity contribution < 1.29 is 0 Å². The van der Waals surface area contributed by atoms with E-state index in [4.69, 9.17) is 16.6 Å². The molecule has 2 saturated heterocycles. The first kappa shape index (κ1) is 18.6. The average Bonchev–Trinajstić information content (AvgIpc) is 3.05. The van der Waals surface area contributed by atoms with Gasteiger partial charge in [-0.2, -0.15) is 16.1 Å². The van der Waals surface area contributed by atoms with E-state index in [1.54, 1.807) is 0 Å². The minimum atomic E-state index is 0.511. The van der Waals surface area contributed by atoms with Gasteiger partial charge in [0, 0.05) is 34.2 Å². The summed E-state index contributed by atoms with van der Waals surface area (Å²) in [4.78, 5) is 11.8. The van der Waals surface area contributed by atoms with E-state index in [1.807, 2.05) is 25.3 Å². The largest absolute Gasteiger partial charge is 0.314 e. The quantitative estimate of drug-likeness (QED) is 0.621. The molecule has 1 aromatic carbocycles.